The summed E-state index contributed by atoms with van der Waals surface area (Å²) in [6.07, 6.45) is 1.29. The van der Waals surface area contributed by atoms with Gasteiger partial charge in [0.15, 0.2) is 11.5 Å². The van der Waals surface area contributed by atoms with Crippen LogP contribution in [-0.2, 0) is 0 Å². The summed E-state index contributed by atoms with van der Waals surface area (Å²) in [4.78, 5) is 7.70. The van der Waals surface area contributed by atoms with Gasteiger partial charge >= 0.3 is 0 Å². The standard InChI is InChI=1S/C12H12ClN3O2/c1-2-17-8-5-3-4-6-9(8)18-12-10(13)11(14)15-7-16-12/h3-7H,2H2,1H3,(H2,14,15,16). The molecule has 1 aromatic heterocycles. The number of ether oxygens (including phenoxy) is 2. The zero-order valence-electron chi connectivity index (χ0n) is 9.76. The van der Waals surface area contributed by atoms with E-state index in [4.69, 9.17) is 26.8 Å². The van der Waals surface area contributed by atoms with Crippen LogP contribution in [-0.4, -0.2) is 16.6 Å². The molecule has 0 radical (unpaired) electrons. The second-order valence-corrected chi connectivity index (χ2v) is 3.74. The van der Waals surface area contributed by atoms with Crippen LogP contribution in [0.5, 0.6) is 17.4 Å². The number of aromatic nitrogens is 2. The summed E-state index contributed by atoms with van der Waals surface area (Å²) in [6, 6.07) is 7.25. The lowest BCUT2D eigenvalue weighted by Crippen LogP contribution is -1.98. The molecular formula is C12H12ClN3O2. The van der Waals surface area contributed by atoms with Crippen molar-refractivity contribution in [1.29, 1.82) is 0 Å². The number of halogens is 1. The summed E-state index contributed by atoms with van der Waals surface area (Å²) in [5.41, 5.74) is 5.58. The summed E-state index contributed by atoms with van der Waals surface area (Å²) in [6.45, 7) is 2.44. The molecule has 0 bridgehead atoms. The molecule has 0 aliphatic rings. The average Bonchev–Trinajstić information content (AvgIpc) is 2.37. The van der Waals surface area contributed by atoms with Gasteiger partial charge in [0.2, 0.25) is 5.88 Å². The maximum atomic E-state index is 5.96. The number of benzene rings is 1. The van der Waals surface area contributed by atoms with Crippen molar-refractivity contribution in [2.24, 2.45) is 0 Å². The molecule has 6 heteroatoms. The molecule has 2 aromatic rings. The third kappa shape index (κ3) is 2.62. The number of rotatable bonds is 4. The van der Waals surface area contributed by atoms with Crippen molar-refractivity contribution in [3.63, 3.8) is 0 Å². The number of anilines is 1. The molecule has 5 nitrogen and oxygen atoms in total. The number of nitrogens with two attached hydrogens (primary N) is 1. The Morgan fingerprint density at radius 3 is 2.67 bits per heavy atom. The first-order valence-corrected chi connectivity index (χ1v) is 5.75. The van der Waals surface area contributed by atoms with Crippen molar-refractivity contribution < 1.29 is 9.47 Å². The third-order valence-electron chi connectivity index (χ3n) is 2.14. The number of nitrogens with zero attached hydrogens (tertiary/aromatic N) is 2. The largest absolute Gasteiger partial charge is 0.490 e. The van der Waals surface area contributed by atoms with Crippen molar-refractivity contribution in [3.05, 3.63) is 35.6 Å². The van der Waals surface area contributed by atoms with Crippen LogP contribution >= 0.6 is 11.6 Å². The lowest BCUT2D eigenvalue weighted by molar-refractivity contribution is 0.319. The van der Waals surface area contributed by atoms with Gasteiger partial charge < -0.3 is 15.2 Å². The molecule has 18 heavy (non-hydrogen) atoms. The lowest BCUT2D eigenvalue weighted by atomic mass is 10.3. The van der Waals surface area contributed by atoms with Gasteiger partial charge in [-0.25, -0.2) is 4.98 Å². The Balaban J connectivity index is 2.31. The molecule has 0 aliphatic heterocycles. The summed E-state index contributed by atoms with van der Waals surface area (Å²) in [5.74, 6) is 1.53. The Hall–Kier alpha value is -2.01. The lowest BCUT2D eigenvalue weighted by Gasteiger charge is -2.11. The molecule has 2 N–H and O–H groups in total. The van der Waals surface area contributed by atoms with Crippen LogP contribution in [0.25, 0.3) is 0 Å². The first-order valence-electron chi connectivity index (χ1n) is 5.38. The van der Waals surface area contributed by atoms with E-state index in [0.29, 0.717) is 18.1 Å². The van der Waals surface area contributed by atoms with Gasteiger partial charge in [-0.2, -0.15) is 4.98 Å². The van der Waals surface area contributed by atoms with Gasteiger partial charge in [0.25, 0.3) is 0 Å². The van der Waals surface area contributed by atoms with Crippen LogP contribution in [0.3, 0.4) is 0 Å². The minimum atomic E-state index is 0.176. The molecule has 0 spiro atoms. The summed E-state index contributed by atoms with van der Waals surface area (Å²) < 4.78 is 11.0. The van der Waals surface area contributed by atoms with Crippen LogP contribution in [0.15, 0.2) is 30.6 Å². The fourth-order valence-electron chi connectivity index (χ4n) is 1.35. The van der Waals surface area contributed by atoms with Crippen LogP contribution in [0.4, 0.5) is 5.82 Å². The number of nitrogen functional groups attached to an aromatic ring is 1. The Kier molecular flexibility index (Phi) is 3.84. The minimum absolute atomic E-state index is 0.176. The highest BCUT2D eigenvalue weighted by Gasteiger charge is 2.11. The molecule has 94 valence electrons. The molecule has 0 saturated heterocycles. The van der Waals surface area contributed by atoms with E-state index in [-0.39, 0.29) is 16.7 Å². The van der Waals surface area contributed by atoms with Crippen LogP contribution in [0.2, 0.25) is 5.02 Å². The molecule has 1 aromatic carbocycles. The highest BCUT2D eigenvalue weighted by molar-refractivity contribution is 6.34. The smallest absolute Gasteiger partial charge is 0.243 e. The molecule has 0 fully saturated rings. The normalized spacial score (nSPS) is 10.1. The van der Waals surface area contributed by atoms with Gasteiger partial charge in [-0.05, 0) is 19.1 Å². The van der Waals surface area contributed by atoms with E-state index in [0.717, 1.165) is 0 Å². The van der Waals surface area contributed by atoms with Crippen LogP contribution in [0, 0.1) is 0 Å². The van der Waals surface area contributed by atoms with Crippen LogP contribution in [0.1, 0.15) is 6.92 Å². The second-order valence-electron chi connectivity index (χ2n) is 3.36. The highest BCUT2D eigenvalue weighted by atomic mass is 35.5. The predicted molar refractivity (Wildman–Crippen MR) is 69.1 cm³/mol. The fraction of sp³-hybridized carbons (Fsp3) is 0.167. The quantitative estimate of drug-likeness (QED) is 0.920. The molecule has 1 heterocycles. The van der Waals surface area contributed by atoms with Gasteiger partial charge in [0.05, 0.1) is 6.61 Å². The topological polar surface area (TPSA) is 70.3 Å². The first-order chi connectivity index (χ1) is 8.72. The number of para-hydroxylation sites is 2. The van der Waals surface area contributed by atoms with Crippen molar-refractivity contribution in [2.75, 3.05) is 12.3 Å². The molecule has 0 atom stereocenters. The van der Waals surface area contributed by atoms with E-state index >= 15 is 0 Å². The Morgan fingerprint density at radius 2 is 1.94 bits per heavy atom. The maximum absolute atomic E-state index is 5.96. The third-order valence-corrected chi connectivity index (χ3v) is 2.50. The Morgan fingerprint density at radius 1 is 1.22 bits per heavy atom. The van der Waals surface area contributed by atoms with Crippen molar-refractivity contribution >= 4 is 17.4 Å². The van der Waals surface area contributed by atoms with Gasteiger partial charge in [0.1, 0.15) is 17.2 Å². The SMILES string of the molecule is CCOc1ccccc1Oc1ncnc(N)c1Cl. The Bertz CT molecular complexity index is 549. The molecular weight excluding hydrogens is 254 g/mol. The zero-order valence-corrected chi connectivity index (χ0v) is 10.5. The van der Waals surface area contributed by atoms with Crippen molar-refractivity contribution in [1.82, 2.24) is 9.97 Å². The van der Waals surface area contributed by atoms with Gasteiger partial charge in [-0.1, -0.05) is 23.7 Å². The molecule has 0 amide bonds. The first kappa shape index (κ1) is 12.4. The van der Waals surface area contributed by atoms with E-state index in [2.05, 4.69) is 9.97 Å². The summed E-state index contributed by atoms with van der Waals surface area (Å²) in [5, 5.41) is 0.184. The summed E-state index contributed by atoms with van der Waals surface area (Å²) in [7, 11) is 0. The summed E-state index contributed by atoms with van der Waals surface area (Å²) >= 11 is 5.96. The van der Waals surface area contributed by atoms with E-state index in [1.54, 1.807) is 12.1 Å². The van der Waals surface area contributed by atoms with Crippen LogP contribution < -0.4 is 15.2 Å². The average molecular weight is 266 g/mol. The molecule has 0 aliphatic carbocycles. The molecule has 0 unspecified atom stereocenters. The van der Waals surface area contributed by atoms with E-state index in [9.17, 15) is 0 Å². The van der Waals surface area contributed by atoms with Crippen molar-refractivity contribution in [3.8, 4) is 17.4 Å². The van der Waals surface area contributed by atoms with Gasteiger partial charge in [0, 0.05) is 0 Å². The van der Waals surface area contributed by atoms with Gasteiger partial charge in [-0.3, -0.25) is 0 Å². The minimum Gasteiger partial charge on any atom is -0.490 e. The number of hydrogen-bond donors (Lipinski definition) is 1. The Labute approximate surface area is 110 Å². The second kappa shape index (κ2) is 5.55. The zero-order chi connectivity index (χ0) is 13.0. The van der Waals surface area contributed by atoms with E-state index < -0.39 is 0 Å². The highest BCUT2D eigenvalue weighted by Crippen LogP contribution is 2.34. The number of hydrogen-bond acceptors (Lipinski definition) is 5. The van der Waals surface area contributed by atoms with E-state index in [1.165, 1.54) is 6.33 Å². The molecule has 0 saturated carbocycles. The molecule has 2 rings (SSSR count). The maximum Gasteiger partial charge on any atom is 0.243 e. The predicted octanol–water partition coefficient (Wildman–Crippen LogP) is 2.90. The van der Waals surface area contributed by atoms with Crippen molar-refractivity contribution in [2.45, 2.75) is 6.92 Å². The fourth-order valence-corrected chi connectivity index (χ4v) is 1.49. The van der Waals surface area contributed by atoms with Gasteiger partial charge in [-0.15, -0.1) is 0 Å². The van der Waals surface area contributed by atoms with E-state index in [1.807, 2.05) is 19.1 Å². The monoisotopic (exact) mass is 265 g/mol.